The maximum atomic E-state index is 14.9. The second-order valence-electron chi connectivity index (χ2n) is 11.2. The highest BCUT2D eigenvalue weighted by Crippen LogP contribution is 2.34. The predicted octanol–water partition coefficient (Wildman–Crippen LogP) is 3.00. The Morgan fingerprint density at radius 2 is 1.98 bits per heavy atom. The molecule has 2 N–H and O–H groups in total. The van der Waals surface area contributed by atoms with E-state index in [2.05, 4.69) is 50.1 Å². The van der Waals surface area contributed by atoms with Crippen molar-refractivity contribution in [1.29, 1.82) is 5.26 Å². The van der Waals surface area contributed by atoms with Gasteiger partial charge in [0.1, 0.15) is 36.1 Å². The van der Waals surface area contributed by atoms with Crippen molar-refractivity contribution in [3.8, 4) is 29.0 Å². The van der Waals surface area contributed by atoms with E-state index in [4.69, 9.17) is 9.47 Å². The first-order valence-electron chi connectivity index (χ1n) is 14.6. The van der Waals surface area contributed by atoms with Crippen LogP contribution in [-0.2, 0) is 4.79 Å². The van der Waals surface area contributed by atoms with E-state index in [0.29, 0.717) is 23.4 Å². The lowest BCUT2D eigenvalue weighted by molar-refractivity contribution is -0.143. The van der Waals surface area contributed by atoms with Gasteiger partial charge in [0, 0.05) is 56.0 Å². The number of amides is 1. The van der Waals surface area contributed by atoms with Crippen LogP contribution in [-0.4, -0.2) is 107 Å². The molecule has 13 heteroatoms. The highest BCUT2D eigenvalue weighted by atomic mass is 19.1. The van der Waals surface area contributed by atoms with Gasteiger partial charge in [-0.25, -0.2) is 14.4 Å². The van der Waals surface area contributed by atoms with Crippen molar-refractivity contribution in [3.05, 3.63) is 48.3 Å². The SMILES string of the molecule is COc1cc(Nc2ncnc(-c3ccc(O[C@H]4CCN(C(=O)C(C)O)C[C@H]4F)c(C#N)c3)n2)ccc1N1CCN(C)C[C@@H]1C. The molecule has 2 aliphatic rings. The van der Waals surface area contributed by atoms with Crippen LogP contribution in [0.2, 0.25) is 0 Å². The number of aromatic nitrogens is 3. The van der Waals surface area contributed by atoms with Crippen molar-refractivity contribution in [1.82, 2.24) is 24.8 Å². The van der Waals surface area contributed by atoms with E-state index >= 15 is 0 Å². The van der Waals surface area contributed by atoms with Crippen LogP contribution in [0.3, 0.4) is 0 Å². The molecule has 1 aromatic heterocycles. The lowest BCUT2D eigenvalue weighted by atomic mass is 10.0. The van der Waals surface area contributed by atoms with Crippen LogP contribution in [0.1, 0.15) is 25.8 Å². The molecule has 232 valence electrons. The predicted molar refractivity (Wildman–Crippen MR) is 163 cm³/mol. The highest BCUT2D eigenvalue weighted by Gasteiger charge is 2.34. The van der Waals surface area contributed by atoms with Gasteiger partial charge in [-0.2, -0.15) is 10.2 Å². The maximum absolute atomic E-state index is 14.9. The molecule has 3 heterocycles. The number of aliphatic hydroxyl groups excluding tert-OH is 1. The molecule has 5 rings (SSSR count). The molecule has 44 heavy (non-hydrogen) atoms. The summed E-state index contributed by atoms with van der Waals surface area (Å²) in [4.78, 5) is 31.1. The number of piperazine rings is 1. The smallest absolute Gasteiger partial charge is 0.251 e. The number of carbonyl (C=O) groups is 1. The molecule has 4 atom stereocenters. The van der Waals surface area contributed by atoms with E-state index in [1.54, 1.807) is 25.3 Å². The van der Waals surface area contributed by atoms with Crippen LogP contribution in [0.4, 0.5) is 21.7 Å². The molecule has 1 unspecified atom stereocenters. The second kappa shape index (κ2) is 13.4. The average molecular weight is 605 g/mol. The van der Waals surface area contributed by atoms with Crippen molar-refractivity contribution in [2.45, 2.75) is 44.7 Å². The number of hydrogen-bond acceptors (Lipinski definition) is 11. The Morgan fingerprint density at radius 3 is 2.68 bits per heavy atom. The molecule has 2 fully saturated rings. The minimum atomic E-state index is -1.47. The summed E-state index contributed by atoms with van der Waals surface area (Å²) in [6.07, 6.45) is -1.87. The Balaban J connectivity index is 1.28. The van der Waals surface area contributed by atoms with Gasteiger partial charge < -0.3 is 34.6 Å². The third-order valence-electron chi connectivity index (χ3n) is 7.94. The van der Waals surface area contributed by atoms with Crippen LogP contribution < -0.4 is 19.7 Å². The van der Waals surface area contributed by atoms with E-state index < -0.39 is 24.3 Å². The van der Waals surface area contributed by atoms with Gasteiger partial charge >= 0.3 is 0 Å². The molecule has 0 aliphatic carbocycles. The topological polar surface area (TPSA) is 140 Å². The van der Waals surface area contributed by atoms with E-state index in [9.17, 15) is 19.6 Å². The molecule has 2 saturated heterocycles. The number of nitrogens with zero attached hydrogens (tertiary/aromatic N) is 7. The highest BCUT2D eigenvalue weighted by molar-refractivity contribution is 5.80. The molecule has 2 aliphatic heterocycles. The van der Waals surface area contributed by atoms with Crippen LogP contribution in [0, 0.1) is 11.3 Å². The van der Waals surface area contributed by atoms with Crippen LogP contribution in [0.5, 0.6) is 11.5 Å². The van der Waals surface area contributed by atoms with Crippen molar-refractivity contribution >= 4 is 23.2 Å². The Bertz CT molecular complexity index is 1530. The minimum Gasteiger partial charge on any atom is -0.495 e. The number of halogens is 1. The number of ether oxygens (including phenoxy) is 2. The van der Waals surface area contributed by atoms with Gasteiger partial charge in [0.2, 0.25) is 5.95 Å². The molecule has 0 bridgehead atoms. The average Bonchev–Trinajstić information content (AvgIpc) is 3.02. The van der Waals surface area contributed by atoms with E-state index in [0.717, 1.165) is 36.8 Å². The number of aliphatic hydroxyl groups is 1. The van der Waals surface area contributed by atoms with Gasteiger partial charge in [0.25, 0.3) is 5.91 Å². The molecule has 0 radical (unpaired) electrons. The van der Waals surface area contributed by atoms with E-state index in [1.165, 1.54) is 18.2 Å². The number of hydrogen-bond donors (Lipinski definition) is 2. The molecular weight excluding hydrogens is 567 g/mol. The van der Waals surface area contributed by atoms with Gasteiger partial charge in [0.05, 0.1) is 24.9 Å². The Hall–Kier alpha value is -4.54. The fourth-order valence-corrected chi connectivity index (χ4v) is 5.62. The molecular formula is C31H37FN8O4. The second-order valence-corrected chi connectivity index (χ2v) is 11.2. The number of nitriles is 1. The summed E-state index contributed by atoms with van der Waals surface area (Å²) in [6.45, 7) is 6.48. The molecule has 0 saturated carbocycles. The van der Waals surface area contributed by atoms with Crippen molar-refractivity contribution < 1.29 is 23.8 Å². The van der Waals surface area contributed by atoms with Crippen molar-refractivity contribution in [2.24, 2.45) is 0 Å². The normalized spacial score (nSPS) is 21.3. The minimum absolute atomic E-state index is 0.182. The molecule has 1 amide bonds. The number of piperidine rings is 1. The number of likely N-dealkylation sites (tertiary alicyclic amines) is 1. The summed E-state index contributed by atoms with van der Waals surface area (Å²) < 4.78 is 26.5. The number of nitrogens with one attached hydrogen (secondary N) is 1. The number of carbonyl (C=O) groups excluding carboxylic acids is 1. The number of alkyl halides is 1. The number of rotatable bonds is 8. The lowest BCUT2D eigenvalue weighted by Gasteiger charge is -2.40. The van der Waals surface area contributed by atoms with E-state index in [1.807, 2.05) is 18.2 Å². The van der Waals surface area contributed by atoms with Crippen molar-refractivity contribution in [3.63, 3.8) is 0 Å². The summed E-state index contributed by atoms with van der Waals surface area (Å²) in [5, 5.41) is 22.6. The first-order valence-corrected chi connectivity index (χ1v) is 14.6. The lowest BCUT2D eigenvalue weighted by Crippen LogP contribution is -2.51. The molecule has 0 spiro atoms. The van der Waals surface area contributed by atoms with Gasteiger partial charge in [0.15, 0.2) is 12.0 Å². The standard InChI is InChI=1S/C31H37FN8O4/c1-19-16-38(3)11-12-40(19)25-7-6-23(14-28(25)43-4)36-31-35-18-34-29(37-31)21-5-8-26(22(13-21)15-33)44-27-9-10-39(17-24(27)32)30(42)20(2)41/h5-8,13-14,18-20,24,27,41H,9-12,16-17H2,1-4H3,(H,34,35,36,37)/t19-,20?,24+,27-/m0/s1. The Morgan fingerprint density at radius 1 is 1.16 bits per heavy atom. The molecule has 2 aromatic carbocycles. The summed E-state index contributed by atoms with van der Waals surface area (Å²) in [6, 6.07) is 13.2. The number of methoxy groups -OCH3 is 1. The molecule has 12 nitrogen and oxygen atoms in total. The molecule has 3 aromatic rings. The summed E-state index contributed by atoms with van der Waals surface area (Å²) in [7, 11) is 3.78. The fraction of sp³-hybridized carbons (Fsp3) is 0.452. The Kier molecular flexibility index (Phi) is 9.41. The van der Waals surface area contributed by atoms with Gasteiger partial charge in [-0.05, 0) is 51.2 Å². The van der Waals surface area contributed by atoms with Crippen LogP contribution >= 0.6 is 0 Å². The van der Waals surface area contributed by atoms with Gasteiger partial charge in [-0.1, -0.05) is 0 Å². The first-order chi connectivity index (χ1) is 21.2. The third-order valence-corrected chi connectivity index (χ3v) is 7.94. The zero-order valence-electron chi connectivity index (χ0n) is 25.3. The zero-order chi connectivity index (χ0) is 31.4. The number of likely N-dealkylation sites (N-methyl/N-ethyl adjacent to an activating group) is 1. The largest absolute Gasteiger partial charge is 0.495 e. The number of benzene rings is 2. The van der Waals surface area contributed by atoms with Crippen LogP contribution in [0.15, 0.2) is 42.7 Å². The van der Waals surface area contributed by atoms with Gasteiger partial charge in [-0.15, -0.1) is 0 Å². The van der Waals surface area contributed by atoms with Gasteiger partial charge in [-0.3, -0.25) is 4.79 Å². The number of anilines is 3. The summed E-state index contributed by atoms with van der Waals surface area (Å²) in [5.41, 5.74) is 2.53. The van der Waals surface area contributed by atoms with Crippen molar-refractivity contribution in [2.75, 3.05) is 57.1 Å². The summed E-state index contributed by atoms with van der Waals surface area (Å²) in [5.74, 6) is 1.11. The summed E-state index contributed by atoms with van der Waals surface area (Å²) >= 11 is 0. The first kappa shape index (κ1) is 30.9. The maximum Gasteiger partial charge on any atom is 0.251 e. The van der Waals surface area contributed by atoms with Crippen LogP contribution in [0.25, 0.3) is 11.4 Å². The zero-order valence-corrected chi connectivity index (χ0v) is 25.3. The monoisotopic (exact) mass is 604 g/mol. The Labute approximate surface area is 256 Å². The fourth-order valence-electron chi connectivity index (χ4n) is 5.62. The quantitative estimate of drug-likeness (QED) is 0.392. The third kappa shape index (κ3) is 6.82. The van der Waals surface area contributed by atoms with E-state index in [-0.39, 0.29) is 30.8 Å².